The van der Waals surface area contributed by atoms with Crippen molar-refractivity contribution in [2.75, 3.05) is 0 Å². The Labute approximate surface area is 84.7 Å². The van der Waals surface area contributed by atoms with Crippen LogP contribution >= 0.6 is 27.4 Å². The van der Waals surface area contributed by atoms with Crippen molar-refractivity contribution >= 4 is 42.4 Å². The molecule has 0 saturated carbocycles. The van der Waals surface area contributed by atoms with Crippen LogP contribution in [0.4, 0.5) is 0 Å². The first-order valence-electron chi connectivity index (χ1n) is 3.44. The molecule has 0 aliphatic carbocycles. The normalized spacial score (nSPS) is 37.0. The van der Waals surface area contributed by atoms with E-state index in [4.69, 9.17) is 9.05 Å². The summed E-state index contributed by atoms with van der Waals surface area (Å²) in [5.74, 6) is 0. The number of hydrogen-bond donors (Lipinski definition) is 0. The van der Waals surface area contributed by atoms with E-state index in [0.29, 0.717) is 15.0 Å². The Morgan fingerprint density at radius 3 is 2.58 bits per heavy atom. The van der Waals surface area contributed by atoms with Crippen LogP contribution < -0.4 is 0 Å². The second-order valence-corrected chi connectivity index (χ2v) is 6.16. The molecule has 0 aromatic heterocycles. The molecule has 7 heteroatoms. The molecule has 0 aromatic carbocycles. The second kappa shape index (κ2) is 5.99. The van der Waals surface area contributed by atoms with Gasteiger partial charge in [0, 0.05) is 0 Å². The zero-order valence-electron chi connectivity index (χ0n) is 6.38. The maximum atomic E-state index is 10.7. The molecule has 0 spiro atoms. The minimum absolute atomic E-state index is 0.0395. The zero-order chi connectivity index (χ0) is 8.97. The Morgan fingerprint density at radius 2 is 2.08 bits per heavy atom. The van der Waals surface area contributed by atoms with E-state index in [2.05, 4.69) is 18.9 Å². The van der Waals surface area contributed by atoms with Gasteiger partial charge >= 0.3 is 84.5 Å². The fourth-order valence-corrected chi connectivity index (χ4v) is 5.80. The van der Waals surface area contributed by atoms with Crippen molar-refractivity contribution in [2.45, 2.75) is 28.5 Å². The molecule has 1 aliphatic heterocycles. The van der Waals surface area contributed by atoms with E-state index >= 15 is 0 Å². The third kappa shape index (κ3) is 2.69. The van der Waals surface area contributed by atoms with Gasteiger partial charge in [-0.15, -0.1) is 0 Å². The monoisotopic (exact) mass is 292 g/mol. The Bertz CT molecular complexity index is 159. The van der Waals surface area contributed by atoms with Gasteiger partial charge in [-0.2, -0.15) is 0 Å². The van der Waals surface area contributed by atoms with Crippen LogP contribution in [-0.4, -0.2) is 32.8 Å². The van der Waals surface area contributed by atoms with E-state index in [-0.39, 0.29) is 26.3 Å². The first-order valence-corrected chi connectivity index (χ1v) is 7.69. The van der Waals surface area contributed by atoms with Crippen molar-refractivity contribution < 1.29 is 13.6 Å². The predicted molar refractivity (Wildman–Crippen MR) is 55.9 cm³/mol. The first-order chi connectivity index (χ1) is 5.83. The summed E-state index contributed by atoms with van der Waals surface area (Å²) in [7, 11) is 4.66. The van der Waals surface area contributed by atoms with Crippen molar-refractivity contribution in [2.24, 2.45) is 0 Å². The van der Waals surface area contributed by atoms with E-state index in [1.54, 1.807) is 0 Å². The van der Waals surface area contributed by atoms with Gasteiger partial charge in [-0.25, -0.2) is 0 Å². The van der Waals surface area contributed by atoms with E-state index in [0.717, 1.165) is 10.6 Å². The molecule has 5 atom stereocenters. The van der Waals surface area contributed by atoms with Crippen LogP contribution in [0.15, 0.2) is 0 Å². The molecule has 1 saturated heterocycles. The third-order valence-electron chi connectivity index (χ3n) is 1.78. The van der Waals surface area contributed by atoms with Gasteiger partial charge in [0.1, 0.15) is 0 Å². The molecule has 1 rings (SSSR count). The summed E-state index contributed by atoms with van der Waals surface area (Å²) >= 11 is 0.545. The molecule has 0 bridgehead atoms. The minimum atomic E-state index is -0.0395. The SMILES string of the molecule is O=P[C@@H]1C[Se]CC(OP)[C@H]1OP. The van der Waals surface area contributed by atoms with Gasteiger partial charge in [0.2, 0.25) is 0 Å². The van der Waals surface area contributed by atoms with Gasteiger partial charge in [-0.3, -0.25) is 0 Å². The summed E-state index contributed by atoms with van der Waals surface area (Å²) in [5.41, 5.74) is 0.113. The van der Waals surface area contributed by atoms with Crippen molar-refractivity contribution in [1.29, 1.82) is 0 Å². The molecule has 70 valence electrons. The summed E-state index contributed by atoms with van der Waals surface area (Å²) in [6.07, 6.45) is 0.0509. The Balaban J connectivity index is 2.58. The first kappa shape index (κ1) is 11.5. The molecule has 0 N–H and O–H groups in total. The standard InChI is InChI=1S/C5H11O3P3Se/c6-11-4-2-12-1-3(7-9)5(4)8-10/h3-5H,1-2,9-10H2/t3?,4-,5-/m1/s1. The quantitative estimate of drug-likeness (QED) is 0.584. The Hall–Kier alpha value is 1.40. The van der Waals surface area contributed by atoms with E-state index < -0.39 is 0 Å². The molecule has 0 amide bonds. The molecule has 0 radical (unpaired) electrons. The Morgan fingerprint density at radius 1 is 1.33 bits per heavy atom. The molecular formula is C5H11O3P3Se. The molecule has 0 aromatic rings. The summed E-state index contributed by atoms with van der Waals surface area (Å²) in [5, 5.41) is 2.06. The Kier molecular flexibility index (Phi) is 5.73. The topological polar surface area (TPSA) is 35.5 Å². The van der Waals surface area contributed by atoms with Crippen LogP contribution in [0.5, 0.6) is 0 Å². The predicted octanol–water partition coefficient (Wildman–Crippen LogP) is 1.55. The van der Waals surface area contributed by atoms with Gasteiger partial charge in [-0.1, -0.05) is 0 Å². The van der Waals surface area contributed by atoms with Gasteiger partial charge in [-0.05, 0) is 0 Å². The van der Waals surface area contributed by atoms with E-state index in [1.807, 2.05) is 0 Å². The fourth-order valence-electron chi connectivity index (χ4n) is 1.13. The molecule has 1 fully saturated rings. The average Bonchev–Trinajstić information content (AvgIpc) is 2.16. The van der Waals surface area contributed by atoms with Crippen molar-refractivity contribution in [1.82, 2.24) is 0 Å². The maximum absolute atomic E-state index is 10.7. The van der Waals surface area contributed by atoms with Crippen molar-refractivity contribution in [3.63, 3.8) is 0 Å². The summed E-state index contributed by atoms with van der Waals surface area (Å²) < 4.78 is 21.1. The van der Waals surface area contributed by atoms with Crippen molar-refractivity contribution in [3.05, 3.63) is 0 Å². The number of hydrogen-bond acceptors (Lipinski definition) is 3. The second-order valence-electron chi connectivity index (χ2n) is 2.49. The van der Waals surface area contributed by atoms with Crippen LogP contribution in [0.25, 0.3) is 0 Å². The van der Waals surface area contributed by atoms with Crippen LogP contribution in [0.2, 0.25) is 10.6 Å². The summed E-state index contributed by atoms with van der Waals surface area (Å²) in [6, 6.07) is 0. The van der Waals surface area contributed by atoms with Gasteiger partial charge in [0.25, 0.3) is 0 Å². The van der Waals surface area contributed by atoms with Gasteiger partial charge in [0.15, 0.2) is 0 Å². The molecule has 12 heavy (non-hydrogen) atoms. The van der Waals surface area contributed by atoms with Crippen LogP contribution in [0.1, 0.15) is 0 Å². The molecular weight excluding hydrogens is 280 g/mol. The third-order valence-corrected chi connectivity index (χ3v) is 6.18. The number of rotatable bonds is 3. The molecule has 1 aliphatic rings. The molecule has 3 unspecified atom stereocenters. The fraction of sp³-hybridized carbons (Fsp3) is 1.00. The van der Waals surface area contributed by atoms with Gasteiger partial charge in [0.05, 0.1) is 0 Å². The molecule has 3 nitrogen and oxygen atoms in total. The van der Waals surface area contributed by atoms with E-state index in [9.17, 15) is 4.57 Å². The van der Waals surface area contributed by atoms with Gasteiger partial charge < -0.3 is 0 Å². The van der Waals surface area contributed by atoms with Crippen molar-refractivity contribution in [3.8, 4) is 0 Å². The summed E-state index contributed by atoms with van der Waals surface area (Å²) in [6.45, 7) is 0. The summed E-state index contributed by atoms with van der Waals surface area (Å²) in [4.78, 5) is 0. The zero-order valence-corrected chi connectivity index (χ0v) is 11.3. The van der Waals surface area contributed by atoms with Crippen LogP contribution in [0.3, 0.4) is 0 Å². The average molecular weight is 291 g/mol. The van der Waals surface area contributed by atoms with E-state index in [1.165, 1.54) is 0 Å². The van der Waals surface area contributed by atoms with Crippen LogP contribution in [0, 0.1) is 0 Å². The molecule has 1 heterocycles. The van der Waals surface area contributed by atoms with Crippen LogP contribution in [-0.2, 0) is 13.6 Å².